The van der Waals surface area contributed by atoms with Crippen LogP contribution in [0.2, 0.25) is 0 Å². The van der Waals surface area contributed by atoms with Crippen molar-refractivity contribution in [2.75, 3.05) is 7.11 Å². The summed E-state index contributed by atoms with van der Waals surface area (Å²) in [5.74, 6) is 1.21. The number of aromatic nitrogens is 5. The van der Waals surface area contributed by atoms with Gasteiger partial charge in [0, 0.05) is 0 Å². The van der Waals surface area contributed by atoms with E-state index in [2.05, 4.69) is 20.5 Å². The first kappa shape index (κ1) is 18.4. The highest BCUT2D eigenvalue weighted by Crippen LogP contribution is 2.30. The van der Waals surface area contributed by atoms with E-state index in [0.29, 0.717) is 37.0 Å². The van der Waals surface area contributed by atoms with E-state index in [1.807, 2.05) is 24.3 Å². The van der Waals surface area contributed by atoms with E-state index >= 15 is 0 Å². The molecule has 1 aliphatic rings. The van der Waals surface area contributed by atoms with Crippen molar-refractivity contribution in [3.8, 4) is 17.3 Å². The quantitative estimate of drug-likeness (QED) is 0.501. The standard InChI is InChI=1S/C21H18FN5O3/c1-28-16-7-5-14(6-8-16)18-11-27-17(12-29-18)20(24-26-27)21-23-19(30-25-21)10-13-3-2-4-15(22)9-13/h2-9,18H,10-12H2,1H3. The predicted molar refractivity (Wildman–Crippen MR) is 103 cm³/mol. The third-order valence-electron chi connectivity index (χ3n) is 5.01. The predicted octanol–water partition coefficient (Wildman–Crippen LogP) is 3.34. The van der Waals surface area contributed by atoms with Gasteiger partial charge in [-0.05, 0) is 35.4 Å². The fourth-order valence-electron chi connectivity index (χ4n) is 3.45. The van der Waals surface area contributed by atoms with Crippen LogP contribution in [0.4, 0.5) is 4.39 Å². The number of halogens is 1. The van der Waals surface area contributed by atoms with Crippen LogP contribution in [0.5, 0.6) is 5.75 Å². The van der Waals surface area contributed by atoms with E-state index in [-0.39, 0.29) is 11.9 Å². The highest BCUT2D eigenvalue weighted by molar-refractivity contribution is 5.51. The highest BCUT2D eigenvalue weighted by atomic mass is 19.1. The van der Waals surface area contributed by atoms with E-state index in [9.17, 15) is 4.39 Å². The van der Waals surface area contributed by atoms with Gasteiger partial charge in [-0.15, -0.1) is 5.10 Å². The van der Waals surface area contributed by atoms with Crippen molar-refractivity contribution in [1.29, 1.82) is 0 Å². The summed E-state index contributed by atoms with van der Waals surface area (Å²) in [4.78, 5) is 4.40. The Labute approximate surface area is 171 Å². The van der Waals surface area contributed by atoms with Gasteiger partial charge in [-0.3, -0.25) is 0 Å². The lowest BCUT2D eigenvalue weighted by atomic mass is 10.1. The number of ether oxygens (including phenoxy) is 2. The Balaban J connectivity index is 1.33. The topological polar surface area (TPSA) is 88.1 Å². The van der Waals surface area contributed by atoms with Crippen LogP contribution in [0.15, 0.2) is 53.1 Å². The molecule has 4 aromatic rings. The molecule has 0 bridgehead atoms. The van der Waals surface area contributed by atoms with Gasteiger partial charge in [-0.1, -0.05) is 34.6 Å². The second-order valence-corrected chi connectivity index (χ2v) is 6.96. The summed E-state index contributed by atoms with van der Waals surface area (Å²) in [5.41, 5.74) is 3.10. The molecule has 5 rings (SSSR count). The van der Waals surface area contributed by atoms with Crippen LogP contribution in [-0.4, -0.2) is 32.2 Å². The Morgan fingerprint density at radius 3 is 2.87 bits per heavy atom. The van der Waals surface area contributed by atoms with E-state index in [1.165, 1.54) is 12.1 Å². The molecule has 3 heterocycles. The van der Waals surface area contributed by atoms with Gasteiger partial charge in [0.05, 0.1) is 32.4 Å². The smallest absolute Gasteiger partial charge is 0.231 e. The summed E-state index contributed by atoms with van der Waals surface area (Å²) in [6.45, 7) is 0.857. The molecule has 1 atom stereocenters. The number of hydrogen-bond donors (Lipinski definition) is 0. The molecule has 2 aromatic heterocycles. The molecule has 0 radical (unpaired) electrons. The SMILES string of the molecule is COc1ccc(C2Cn3nnc(-c4noc(Cc5cccc(F)c5)n4)c3CO2)cc1. The van der Waals surface area contributed by atoms with Gasteiger partial charge < -0.3 is 14.0 Å². The highest BCUT2D eigenvalue weighted by Gasteiger charge is 2.27. The first-order valence-electron chi connectivity index (χ1n) is 9.45. The third kappa shape index (κ3) is 3.55. The van der Waals surface area contributed by atoms with Gasteiger partial charge in [0.15, 0.2) is 5.69 Å². The van der Waals surface area contributed by atoms with Crippen molar-refractivity contribution in [3.63, 3.8) is 0 Å². The van der Waals surface area contributed by atoms with Gasteiger partial charge in [0.25, 0.3) is 0 Å². The third-order valence-corrected chi connectivity index (χ3v) is 5.01. The lowest BCUT2D eigenvalue weighted by Gasteiger charge is -2.24. The zero-order valence-corrected chi connectivity index (χ0v) is 16.2. The molecule has 1 unspecified atom stereocenters. The fourth-order valence-corrected chi connectivity index (χ4v) is 3.45. The van der Waals surface area contributed by atoms with Gasteiger partial charge in [0.1, 0.15) is 17.7 Å². The summed E-state index contributed by atoms with van der Waals surface area (Å²) >= 11 is 0. The molecule has 2 aromatic carbocycles. The van der Waals surface area contributed by atoms with E-state index < -0.39 is 0 Å². The minimum atomic E-state index is -0.303. The second kappa shape index (κ2) is 7.68. The summed E-state index contributed by atoms with van der Waals surface area (Å²) in [6.07, 6.45) is 0.205. The van der Waals surface area contributed by atoms with Crippen molar-refractivity contribution >= 4 is 0 Å². The molecule has 0 fully saturated rings. The van der Waals surface area contributed by atoms with Crippen LogP contribution in [-0.2, 0) is 24.3 Å². The minimum absolute atomic E-state index is 0.133. The first-order valence-corrected chi connectivity index (χ1v) is 9.45. The summed E-state index contributed by atoms with van der Waals surface area (Å²) in [6, 6.07) is 14.0. The summed E-state index contributed by atoms with van der Waals surface area (Å²) in [7, 11) is 1.64. The van der Waals surface area contributed by atoms with Gasteiger partial charge in [-0.2, -0.15) is 4.98 Å². The van der Waals surface area contributed by atoms with Crippen LogP contribution >= 0.6 is 0 Å². The molecule has 0 spiro atoms. The average molecular weight is 407 g/mol. The molecule has 8 nitrogen and oxygen atoms in total. The lowest BCUT2D eigenvalue weighted by molar-refractivity contribution is -0.00114. The Hall–Kier alpha value is -3.59. The van der Waals surface area contributed by atoms with Crippen LogP contribution in [0.3, 0.4) is 0 Å². The van der Waals surface area contributed by atoms with Crippen molar-refractivity contribution in [2.24, 2.45) is 0 Å². The lowest BCUT2D eigenvalue weighted by Crippen LogP contribution is -2.22. The Morgan fingerprint density at radius 1 is 1.20 bits per heavy atom. The largest absolute Gasteiger partial charge is 0.497 e. The molecular weight excluding hydrogens is 389 g/mol. The van der Waals surface area contributed by atoms with Gasteiger partial charge in [0.2, 0.25) is 11.7 Å². The molecule has 0 N–H and O–H groups in total. The molecule has 0 amide bonds. The molecule has 0 saturated carbocycles. The molecule has 0 aliphatic carbocycles. The Kier molecular flexibility index (Phi) is 4.72. The molecule has 1 aliphatic heterocycles. The number of methoxy groups -OCH3 is 1. The fraction of sp³-hybridized carbons (Fsp3) is 0.238. The molecule has 30 heavy (non-hydrogen) atoms. The second-order valence-electron chi connectivity index (χ2n) is 6.96. The average Bonchev–Trinajstić information content (AvgIpc) is 3.40. The van der Waals surface area contributed by atoms with Crippen LogP contribution in [0.25, 0.3) is 11.5 Å². The number of benzene rings is 2. The summed E-state index contributed by atoms with van der Waals surface area (Å²) in [5, 5.41) is 12.5. The van der Waals surface area contributed by atoms with Gasteiger partial charge >= 0.3 is 0 Å². The zero-order chi connectivity index (χ0) is 20.5. The van der Waals surface area contributed by atoms with Gasteiger partial charge in [-0.25, -0.2) is 9.07 Å². The molecule has 152 valence electrons. The first-order chi connectivity index (χ1) is 14.7. The van der Waals surface area contributed by atoms with Crippen LogP contribution < -0.4 is 4.74 Å². The summed E-state index contributed by atoms with van der Waals surface area (Å²) < 4.78 is 31.7. The number of fused-ring (bicyclic) bond motifs is 1. The van der Waals surface area contributed by atoms with Crippen molar-refractivity contribution in [2.45, 2.75) is 25.7 Å². The van der Waals surface area contributed by atoms with E-state index in [0.717, 1.165) is 22.6 Å². The van der Waals surface area contributed by atoms with Crippen LogP contribution in [0, 0.1) is 5.82 Å². The van der Waals surface area contributed by atoms with E-state index in [1.54, 1.807) is 23.9 Å². The maximum atomic E-state index is 13.4. The maximum Gasteiger partial charge on any atom is 0.231 e. The maximum absolute atomic E-state index is 13.4. The van der Waals surface area contributed by atoms with E-state index in [4.69, 9.17) is 14.0 Å². The normalized spacial score (nSPS) is 15.7. The Morgan fingerprint density at radius 2 is 2.07 bits per heavy atom. The molecule has 9 heteroatoms. The minimum Gasteiger partial charge on any atom is -0.497 e. The monoisotopic (exact) mass is 407 g/mol. The molecule has 0 saturated heterocycles. The number of rotatable bonds is 5. The van der Waals surface area contributed by atoms with Crippen molar-refractivity contribution in [1.82, 2.24) is 25.1 Å². The van der Waals surface area contributed by atoms with Crippen molar-refractivity contribution < 1.29 is 18.4 Å². The van der Waals surface area contributed by atoms with Crippen LogP contribution in [0.1, 0.15) is 28.8 Å². The van der Waals surface area contributed by atoms with Crippen molar-refractivity contribution in [3.05, 3.63) is 77.1 Å². The number of nitrogens with zero attached hydrogens (tertiary/aromatic N) is 5. The molecular formula is C21H18FN5O3. The Bertz CT molecular complexity index is 1170. The number of hydrogen-bond acceptors (Lipinski definition) is 7. The zero-order valence-electron chi connectivity index (χ0n) is 16.2.